The molecule has 2 aliphatic rings. The Morgan fingerprint density at radius 3 is 2.68 bits per heavy atom. The van der Waals surface area contributed by atoms with Crippen LogP contribution in [0.1, 0.15) is 45.7 Å². The minimum Gasteiger partial charge on any atom is -0.356 e. The number of carbonyl (C=O) groups is 3. The summed E-state index contributed by atoms with van der Waals surface area (Å²) in [6.45, 7) is 1.43. The van der Waals surface area contributed by atoms with Crippen LogP contribution in [-0.4, -0.2) is 39.7 Å². The van der Waals surface area contributed by atoms with Crippen molar-refractivity contribution in [2.24, 2.45) is 0 Å². The Balaban J connectivity index is 1.27. The molecule has 3 atom stereocenters. The van der Waals surface area contributed by atoms with Crippen molar-refractivity contribution in [3.05, 3.63) is 106 Å². The highest BCUT2D eigenvalue weighted by Gasteiger charge is 2.49. The quantitative estimate of drug-likeness (QED) is 0.360. The lowest BCUT2D eigenvalue weighted by molar-refractivity contribution is -0.131. The number of hydrogen-bond acceptors (Lipinski definition) is 3. The number of halogens is 2. The lowest BCUT2D eigenvalue weighted by Gasteiger charge is -2.37. The average molecular weight is 531 g/mol. The average Bonchev–Trinajstić information content (AvgIpc) is 3.43. The van der Waals surface area contributed by atoms with E-state index in [-0.39, 0.29) is 23.0 Å². The number of amides is 3. The molecule has 192 valence electrons. The van der Waals surface area contributed by atoms with Gasteiger partial charge in [0.25, 0.3) is 5.91 Å². The number of fused-ring (bicyclic) bond motifs is 7. The monoisotopic (exact) mass is 530 g/mol. The van der Waals surface area contributed by atoms with Crippen LogP contribution in [0.5, 0.6) is 0 Å². The molecule has 3 unspecified atom stereocenters. The van der Waals surface area contributed by atoms with Gasteiger partial charge >= 0.3 is 0 Å². The number of H-pyrrole nitrogens is 1. The number of rotatable bonds is 5. The van der Waals surface area contributed by atoms with Crippen molar-refractivity contribution in [3.8, 4) is 0 Å². The van der Waals surface area contributed by atoms with E-state index in [2.05, 4.69) is 15.6 Å². The molecule has 3 aromatic carbocycles. The van der Waals surface area contributed by atoms with Crippen LogP contribution >= 0.6 is 11.6 Å². The molecule has 3 amide bonds. The van der Waals surface area contributed by atoms with Crippen molar-refractivity contribution in [1.29, 1.82) is 0 Å². The second-order valence-corrected chi connectivity index (χ2v) is 10.0. The van der Waals surface area contributed by atoms with Gasteiger partial charge in [-0.2, -0.15) is 0 Å². The van der Waals surface area contributed by atoms with Gasteiger partial charge < -0.3 is 20.5 Å². The summed E-state index contributed by atoms with van der Waals surface area (Å²) in [6.07, 6.45) is 0.306. The van der Waals surface area contributed by atoms with Crippen molar-refractivity contribution < 1.29 is 18.8 Å². The van der Waals surface area contributed by atoms with Gasteiger partial charge in [0.15, 0.2) is 0 Å². The first-order valence-electron chi connectivity index (χ1n) is 12.4. The predicted octanol–water partition coefficient (Wildman–Crippen LogP) is 4.25. The fraction of sp³-hybridized carbons (Fsp3) is 0.207. The predicted molar refractivity (Wildman–Crippen MR) is 141 cm³/mol. The third-order valence-electron chi connectivity index (χ3n) is 7.41. The number of benzene rings is 3. The zero-order valence-electron chi connectivity index (χ0n) is 20.4. The van der Waals surface area contributed by atoms with Crippen LogP contribution in [0, 0.1) is 5.82 Å². The summed E-state index contributed by atoms with van der Waals surface area (Å²) in [7, 11) is 0. The maximum Gasteiger partial charge on any atom is 0.255 e. The number of aromatic amines is 1. The second-order valence-electron chi connectivity index (χ2n) is 9.63. The molecule has 3 heterocycles. The first kappa shape index (κ1) is 24.2. The summed E-state index contributed by atoms with van der Waals surface area (Å²) >= 11 is 6.05. The number of aromatic nitrogens is 1. The summed E-state index contributed by atoms with van der Waals surface area (Å²) in [6, 6.07) is 17.4. The van der Waals surface area contributed by atoms with Crippen LogP contribution in [0.15, 0.2) is 66.7 Å². The molecular weight excluding hydrogens is 507 g/mol. The van der Waals surface area contributed by atoms with Crippen molar-refractivity contribution in [2.75, 3.05) is 0 Å². The van der Waals surface area contributed by atoms with Crippen LogP contribution in [0.3, 0.4) is 0 Å². The first-order valence-corrected chi connectivity index (χ1v) is 12.7. The highest BCUT2D eigenvalue weighted by atomic mass is 35.5. The van der Waals surface area contributed by atoms with Gasteiger partial charge in [-0.3, -0.25) is 14.4 Å². The molecule has 0 aliphatic carbocycles. The van der Waals surface area contributed by atoms with E-state index in [0.29, 0.717) is 12.0 Å². The van der Waals surface area contributed by atoms with E-state index < -0.39 is 35.8 Å². The maximum absolute atomic E-state index is 14.1. The molecule has 0 bridgehead atoms. The number of para-hydroxylation sites is 1. The van der Waals surface area contributed by atoms with Crippen molar-refractivity contribution in [3.63, 3.8) is 0 Å². The Morgan fingerprint density at radius 2 is 1.87 bits per heavy atom. The summed E-state index contributed by atoms with van der Waals surface area (Å²) < 4.78 is 14.1. The van der Waals surface area contributed by atoms with Gasteiger partial charge in [-0.15, -0.1) is 0 Å². The molecule has 6 rings (SSSR count). The molecule has 4 aromatic rings. The zero-order valence-corrected chi connectivity index (χ0v) is 21.2. The zero-order chi connectivity index (χ0) is 26.6. The van der Waals surface area contributed by atoms with Crippen molar-refractivity contribution >= 4 is 40.2 Å². The van der Waals surface area contributed by atoms with Gasteiger partial charge in [0.05, 0.1) is 6.04 Å². The summed E-state index contributed by atoms with van der Waals surface area (Å²) in [5.74, 6) is -1.67. The van der Waals surface area contributed by atoms with E-state index in [1.165, 1.54) is 12.1 Å². The van der Waals surface area contributed by atoms with Crippen LogP contribution < -0.4 is 10.6 Å². The SMILES string of the molecule is CC(NC(=O)C1Cc2c([nH]c3ccccc23)C2c3ccccc3C(=O)N12)C(=O)NCc1c(F)cccc1Cl. The number of carbonyl (C=O) groups excluding carboxylic acids is 3. The van der Waals surface area contributed by atoms with Gasteiger partial charge in [0.1, 0.15) is 17.9 Å². The summed E-state index contributed by atoms with van der Waals surface area (Å²) in [5.41, 5.74) is 4.40. The van der Waals surface area contributed by atoms with Gasteiger partial charge in [-0.1, -0.05) is 54.1 Å². The lowest BCUT2D eigenvalue weighted by Crippen LogP contribution is -2.55. The highest BCUT2D eigenvalue weighted by Crippen LogP contribution is 2.46. The molecule has 3 N–H and O–H groups in total. The van der Waals surface area contributed by atoms with E-state index in [1.54, 1.807) is 24.0 Å². The maximum atomic E-state index is 14.1. The summed E-state index contributed by atoms with van der Waals surface area (Å²) in [5, 5.41) is 6.60. The molecule has 0 spiro atoms. The molecule has 0 saturated heterocycles. The minimum atomic E-state index is -0.920. The Hall–Kier alpha value is -4.17. The van der Waals surface area contributed by atoms with E-state index in [1.807, 2.05) is 42.5 Å². The molecular formula is C29H24ClFN4O3. The molecule has 0 saturated carbocycles. The topological polar surface area (TPSA) is 94.3 Å². The molecule has 1 aromatic heterocycles. The molecule has 2 aliphatic heterocycles. The number of nitrogens with zero attached hydrogens (tertiary/aromatic N) is 1. The number of hydrogen-bond donors (Lipinski definition) is 3. The lowest BCUT2D eigenvalue weighted by atomic mass is 9.90. The smallest absolute Gasteiger partial charge is 0.255 e. The van der Waals surface area contributed by atoms with E-state index in [4.69, 9.17) is 11.6 Å². The van der Waals surface area contributed by atoms with Crippen LogP contribution in [0.2, 0.25) is 5.02 Å². The molecule has 0 fully saturated rings. The Morgan fingerprint density at radius 1 is 1.11 bits per heavy atom. The third kappa shape index (κ3) is 3.83. The van der Waals surface area contributed by atoms with E-state index in [0.717, 1.165) is 27.7 Å². The van der Waals surface area contributed by atoms with Crippen LogP contribution in [0.25, 0.3) is 10.9 Å². The minimum absolute atomic E-state index is 0.116. The normalized spacial score (nSPS) is 18.5. The Bertz CT molecular complexity index is 1600. The van der Waals surface area contributed by atoms with Gasteiger partial charge in [-0.25, -0.2) is 4.39 Å². The van der Waals surface area contributed by atoms with Gasteiger partial charge in [0.2, 0.25) is 11.8 Å². The van der Waals surface area contributed by atoms with Crippen molar-refractivity contribution in [1.82, 2.24) is 20.5 Å². The van der Waals surface area contributed by atoms with Crippen LogP contribution in [-0.2, 0) is 22.6 Å². The number of nitrogens with one attached hydrogen (secondary N) is 3. The molecule has 7 nitrogen and oxygen atoms in total. The van der Waals surface area contributed by atoms with Gasteiger partial charge in [-0.05, 0) is 42.3 Å². The first-order chi connectivity index (χ1) is 18.3. The Kier molecular flexibility index (Phi) is 5.91. The van der Waals surface area contributed by atoms with Gasteiger partial charge in [0, 0.05) is 45.7 Å². The molecule has 0 radical (unpaired) electrons. The molecule has 38 heavy (non-hydrogen) atoms. The van der Waals surface area contributed by atoms with E-state index in [9.17, 15) is 18.8 Å². The van der Waals surface area contributed by atoms with Crippen LogP contribution in [0.4, 0.5) is 4.39 Å². The standard InChI is InChI=1S/C29H24ClFN4O3/c1-15(27(36)32-14-20-21(30)10-6-11-22(20)31)33-28(37)24-13-19-16-7-4-5-12-23(16)34-25(19)26-17-8-2-3-9-18(17)29(38)35(24)26/h2-12,15,24,26,34H,13-14H2,1H3,(H,32,36)(H,33,37). The fourth-order valence-corrected chi connectivity index (χ4v) is 5.77. The van der Waals surface area contributed by atoms with E-state index >= 15 is 0 Å². The second kappa shape index (κ2) is 9.29. The third-order valence-corrected chi connectivity index (χ3v) is 7.76. The summed E-state index contributed by atoms with van der Waals surface area (Å²) in [4.78, 5) is 45.0. The largest absolute Gasteiger partial charge is 0.356 e. The molecule has 9 heteroatoms. The fourth-order valence-electron chi connectivity index (χ4n) is 5.54. The Labute approximate surface area is 223 Å². The highest BCUT2D eigenvalue weighted by molar-refractivity contribution is 6.31. The van der Waals surface area contributed by atoms with Crippen molar-refractivity contribution in [2.45, 2.75) is 38.0 Å².